The smallest absolute Gasteiger partial charge is 0.251 e. The molecule has 1 heterocycles. The average molecular weight is 590 g/mol. The Morgan fingerprint density at radius 3 is 2.51 bits per heavy atom. The van der Waals surface area contributed by atoms with Crippen molar-refractivity contribution in [1.29, 1.82) is 0 Å². The normalized spacial score (nSPS) is 20.8. The second-order valence-corrected chi connectivity index (χ2v) is 11.4. The maximum Gasteiger partial charge on any atom is 0.251 e. The van der Waals surface area contributed by atoms with Gasteiger partial charge in [0.25, 0.3) is 5.91 Å². The molecule has 12 nitrogen and oxygen atoms in total. The van der Waals surface area contributed by atoms with E-state index in [1.54, 1.807) is 12.1 Å². The van der Waals surface area contributed by atoms with Crippen LogP contribution in [0.3, 0.4) is 0 Å². The molecule has 2 unspecified atom stereocenters. The van der Waals surface area contributed by atoms with Crippen LogP contribution < -0.4 is 16.4 Å². The van der Waals surface area contributed by atoms with Crippen LogP contribution in [0.1, 0.15) is 61.7 Å². The number of fused-ring (bicyclic) bond motifs is 1. The highest BCUT2D eigenvalue weighted by molar-refractivity contribution is 6.01. The van der Waals surface area contributed by atoms with E-state index in [2.05, 4.69) is 27.2 Å². The zero-order valence-corrected chi connectivity index (χ0v) is 24.1. The SMILES string of the molecule is C=CCC(NC(=O)[C@@H]1C[C@H](N=[N+]=[N-])CN1C(=O)[C@@H](CC1CCCCC1)NC(=O)c1ccc2ccccc2c1)C(O)C(N)=O. The molecule has 0 bridgehead atoms. The van der Waals surface area contributed by atoms with Gasteiger partial charge in [0.2, 0.25) is 17.7 Å². The molecule has 5 atom stereocenters. The van der Waals surface area contributed by atoms with E-state index in [0.717, 1.165) is 42.9 Å². The molecule has 1 aliphatic carbocycles. The molecule has 2 fully saturated rings. The van der Waals surface area contributed by atoms with Crippen LogP contribution in [0.2, 0.25) is 0 Å². The minimum absolute atomic E-state index is 0.0154. The Kier molecular flexibility index (Phi) is 10.7. The van der Waals surface area contributed by atoms with E-state index < -0.39 is 53.9 Å². The Hall–Kier alpha value is -4.41. The van der Waals surface area contributed by atoms with Gasteiger partial charge < -0.3 is 26.4 Å². The van der Waals surface area contributed by atoms with Crippen molar-refractivity contribution in [3.05, 3.63) is 71.1 Å². The first kappa shape index (κ1) is 31.5. The van der Waals surface area contributed by atoms with Gasteiger partial charge in [-0.05, 0) is 53.6 Å². The average Bonchev–Trinajstić information content (AvgIpc) is 3.44. The summed E-state index contributed by atoms with van der Waals surface area (Å²) in [6.07, 6.45) is 5.38. The summed E-state index contributed by atoms with van der Waals surface area (Å²) < 4.78 is 0. The van der Waals surface area contributed by atoms with E-state index in [0.29, 0.717) is 12.0 Å². The second kappa shape index (κ2) is 14.7. The van der Waals surface area contributed by atoms with Crippen molar-refractivity contribution < 1.29 is 24.3 Å². The molecule has 43 heavy (non-hydrogen) atoms. The van der Waals surface area contributed by atoms with Gasteiger partial charge in [-0.1, -0.05) is 73.6 Å². The van der Waals surface area contributed by atoms with Gasteiger partial charge in [-0.2, -0.15) is 0 Å². The van der Waals surface area contributed by atoms with Crippen LogP contribution in [0.5, 0.6) is 0 Å². The summed E-state index contributed by atoms with van der Waals surface area (Å²) in [6, 6.07) is 9.33. The summed E-state index contributed by atoms with van der Waals surface area (Å²) in [5, 5.41) is 21.4. The number of likely N-dealkylation sites (tertiary alicyclic amines) is 1. The number of hydrogen-bond acceptors (Lipinski definition) is 6. The highest BCUT2D eigenvalue weighted by Gasteiger charge is 2.43. The molecule has 2 aliphatic rings. The molecular weight excluding hydrogens is 550 g/mol. The van der Waals surface area contributed by atoms with Crippen molar-refractivity contribution in [2.75, 3.05) is 6.54 Å². The zero-order chi connectivity index (χ0) is 30.9. The summed E-state index contributed by atoms with van der Waals surface area (Å²) in [5.41, 5.74) is 14.7. The van der Waals surface area contributed by atoms with E-state index in [1.807, 2.05) is 30.3 Å². The number of carbonyl (C=O) groups excluding carboxylic acids is 4. The second-order valence-electron chi connectivity index (χ2n) is 11.4. The Morgan fingerprint density at radius 2 is 1.84 bits per heavy atom. The molecule has 1 aliphatic heterocycles. The van der Waals surface area contributed by atoms with Crippen LogP contribution in [-0.2, 0) is 14.4 Å². The number of primary amides is 1. The molecule has 2 aromatic rings. The Morgan fingerprint density at radius 1 is 1.12 bits per heavy atom. The summed E-state index contributed by atoms with van der Waals surface area (Å²) >= 11 is 0. The first-order chi connectivity index (χ1) is 20.7. The fraction of sp³-hybridized carbons (Fsp3) is 0.484. The van der Waals surface area contributed by atoms with Crippen LogP contribution in [0, 0.1) is 5.92 Å². The highest BCUT2D eigenvalue weighted by Crippen LogP contribution is 2.30. The lowest BCUT2D eigenvalue weighted by Gasteiger charge is -2.32. The fourth-order valence-corrected chi connectivity index (χ4v) is 6.14. The van der Waals surface area contributed by atoms with Gasteiger partial charge in [0.15, 0.2) is 6.10 Å². The van der Waals surface area contributed by atoms with E-state index in [1.165, 1.54) is 11.0 Å². The van der Waals surface area contributed by atoms with Crippen molar-refractivity contribution in [1.82, 2.24) is 15.5 Å². The molecule has 1 saturated carbocycles. The third-order valence-corrected chi connectivity index (χ3v) is 8.41. The Bertz CT molecular complexity index is 1400. The van der Waals surface area contributed by atoms with Crippen LogP contribution >= 0.6 is 0 Å². The van der Waals surface area contributed by atoms with Crippen LogP contribution in [-0.4, -0.2) is 70.5 Å². The molecular formula is C31H39N7O5. The zero-order valence-electron chi connectivity index (χ0n) is 24.1. The largest absolute Gasteiger partial charge is 0.381 e. The minimum atomic E-state index is -1.67. The van der Waals surface area contributed by atoms with Crippen LogP contribution in [0.25, 0.3) is 21.2 Å². The van der Waals surface area contributed by atoms with Gasteiger partial charge in [-0.25, -0.2) is 0 Å². The maximum atomic E-state index is 14.2. The van der Waals surface area contributed by atoms with E-state index in [9.17, 15) is 24.3 Å². The lowest BCUT2D eigenvalue weighted by molar-refractivity contribution is -0.141. The third-order valence-electron chi connectivity index (χ3n) is 8.41. The van der Waals surface area contributed by atoms with Crippen molar-refractivity contribution in [2.45, 2.75) is 81.6 Å². The first-order valence-corrected chi connectivity index (χ1v) is 14.7. The molecule has 228 valence electrons. The predicted octanol–water partition coefficient (Wildman–Crippen LogP) is 3.10. The molecule has 12 heteroatoms. The van der Waals surface area contributed by atoms with Gasteiger partial charge in [-0.3, -0.25) is 19.2 Å². The molecule has 4 rings (SSSR count). The molecule has 1 saturated heterocycles. The monoisotopic (exact) mass is 589 g/mol. The fourth-order valence-electron chi connectivity index (χ4n) is 6.14. The van der Waals surface area contributed by atoms with Gasteiger partial charge in [0, 0.05) is 17.0 Å². The number of nitrogens with two attached hydrogens (primary N) is 1. The van der Waals surface area contributed by atoms with E-state index >= 15 is 0 Å². The third kappa shape index (κ3) is 7.91. The van der Waals surface area contributed by atoms with Crippen molar-refractivity contribution >= 4 is 34.4 Å². The first-order valence-electron chi connectivity index (χ1n) is 14.7. The molecule has 0 spiro atoms. The van der Waals surface area contributed by atoms with Gasteiger partial charge in [0.1, 0.15) is 12.1 Å². The summed E-state index contributed by atoms with van der Waals surface area (Å²) in [4.78, 5) is 57.0. The van der Waals surface area contributed by atoms with Crippen LogP contribution in [0.15, 0.2) is 60.2 Å². The number of amides is 4. The van der Waals surface area contributed by atoms with E-state index in [-0.39, 0.29) is 25.3 Å². The lowest BCUT2D eigenvalue weighted by atomic mass is 9.84. The molecule has 5 N–H and O–H groups in total. The maximum absolute atomic E-state index is 14.2. The molecule has 0 aromatic heterocycles. The minimum Gasteiger partial charge on any atom is -0.381 e. The number of aliphatic hydroxyl groups excluding tert-OH is 1. The molecule has 0 radical (unpaired) electrons. The number of carbonyl (C=O) groups is 4. The van der Waals surface area contributed by atoms with Crippen LogP contribution in [0.4, 0.5) is 0 Å². The summed E-state index contributed by atoms with van der Waals surface area (Å²) in [6.45, 7) is 3.58. The highest BCUT2D eigenvalue weighted by atomic mass is 16.3. The van der Waals surface area contributed by atoms with Gasteiger partial charge >= 0.3 is 0 Å². The topological polar surface area (TPSA) is 191 Å². The van der Waals surface area contributed by atoms with Crippen molar-refractivity contribution in [3.63, 3.8) is 0 Å². The summed E-state index contributed by atoms with van der Waals surface area (Å²) in [7, 11) is 0. The molecule has 2 aromatic carbocycles. The van der Waals surface area contributed by atoms with Crippen molar-refractivity contribution in [3.8, 4) is 0 Å². The standard InChI is InChI=1S/C31H39N7O5/c1-2-8-24(27(39)28(32)40)34-30(42)26-17-23(36-37-33)18-38(26)31(43)25(15-19-9-4-3-5-10-19)35-29(41)22-14-13-20-11-6-7-12-21(20)16-22/h2,6-7,11-14,16,19,23-27,39H,1,3-5,8-10,15,17-18H2,(H2,32,40)(H,34,42)(H,35,41)/t23-,24?,25+,26-,27?/m0/s1. The number of nitrogens with one attached hydrogen (secondary N) is 2. The summed E-state index contributed by atoms with van der Waals surface area (Å²) in [5.74, 6) is -2.27. The Balaban J connectivity index is 1.59. The quantitative estimate of drug-likeness (QED) is 0.128. The van der Waals surface area contributed by atoms with E-state index in [4.69, 9.17) is 11.3 Å². The number of aliphatic hydroxyl groups is 1. The lowest BCUT2D eigenvalue weighted by Crippen LogP contribution is -2.57. The van der Waals surface area contributed by atoms with Gasteiger partial charge in [0.05, 0.1) is 12.1 Å². The number of rotatable bonds is 12. The predicted molar refractivity (Wildman–Crippen MR) is 161 cm³/mol. The van der Waals surface area contributed by atoms with Crippen molar-refractivity contribution in [2.24, 2.45) is 16.8 Å². The number of hydrogen-bond donors (Lipinski definition) is 4. The molecule has 4 amide bonds. The number of benzene rings is 2. The number of azide groups is 1. The van der Waals surface area contributed by atoms with Gasteiger partial charge in [-0.15, -0.1) is 6.58 Å². The number of nitrogens with zero attached hydrogens (tertiary/aromatic N) is 4. The Labute approximate surface area is 250 Å².